The Morgan fingerprint density at radius 3 is 2.77 bits per heavy atom. The average Bonchev–Trinajstić information content (AvgIpc) is 3.57. The number of hydrogen-bond donors (Lipinski definition) is 1. The SMILES string of the molecule is CC(=O)c1ccc2c(c1)nc(NC1CC1)c1nc(SCc3ccccc3Cl)ncc12. The highest BCUT2D eigenvalue weighted by atomic mass is 35.5. The lowest BCUT2D eigenvalue weighted by Crippen LogP contribution is -2.06. The van der Waals surface area contributed by atoms with Crippen molar-refractivity contribution in [1.29, 1.82) is 0 Å². The summed E-state index contributed by atoms with van der Waals surface area (Å²) in [5, 5.41) is 6.80. The molecule has 0 aliphatic heterocycles. The van der Waals surface area contributed by atoms with Crippen molar-refractivity contribution in [3.05, 3.63) is 64.8 Å². The Morgan fingerprint density at radius 1 is 1.17 bits per heavy atom. The lowest BCUT2D eigenvalue weighted by Gasteiger charge is -2.12. The third-order valence-corrected chi connectivity index (χ3v) is 6.43. The Labute approximate surface area is 183 Å². The largest absolute Gasteiger partial charge is 0.366 e. The van der Waals surface area contributed by atoms with Gasteiger partial charge in [0, 0.05) is 39.4 Å². The lowest BCUT2D eigenvalue weighted by atomic mass is 10.1. The number of nitrogens with one attached hydrogen (secondary N) is 1. The van der Waals surface area contributed by atoms with Gasteiger partial charge in [-0.3, -0.25) is 4.79 Å². The van der Waals surface area contributed by atoms with Crippen LogP contribution in [0.2, 0.25) is 5.02 Å². The quantitative estimate of drug-likeness (QED) is 0.176. The Balaban J connectivity index is 1.57. The Hall–Kier alpha value is -2.70. The highest BCUT2D eigenvalue weighted by molar-refractivity contribution is 7.98. The van der Waals surface area contributed by atoms with E-state index in [2.05, 4.69) is 10.3 Å². The molecule has 0 saturated heterocycles. The predicted octanol–water partition coefficient (Wildman–Crippen LogP) is 5.90. The number of pyridine rings is 1. The second kappa shape index (κ2) is 7.85. The van der Waals surface area contributed by atoms with Gasteiger partial charge in [0.25, 0.3) is 0 Å². The van der Waals surface area contributed by atoms with Gasteiger partial charge >= 0.3 is 0 Å². The molecule has 1 saturated carbocycles. The van der Waals surface area contributed by atoms with E-state index in [-0.39, 0.29) is 5.78 Å². The van der Waals surface area contributed by atoms with Crippen LogP contribution < -0.4 is 5.32 Å². The fourth-order valence-electron chi connectivity index (χ4n) is 3.34. The maximum atomic E-state index is 11.8. The van der Waals surface area contributed by atoms with Crippen molar-refractivity contribution in [3.63, 3.8) is 0 Å². The van der Waals surface area contributed by atoms with Gasteiger partial charge in [0.15, 0.2) is 16.8 Å². The Kier molecular flexibility index (Phi) is 5.05. The van der Waals surface area contributed by atoms with Crippen molar-refractivity contribution in [3.8, 4) is 0 Å². The van der Waals surface area contributed by atoms with E-state index in [1.165, 1.54) is 0 Å². The molecule has 1 N–H and O–H groups in total. The number of fused-ring (bicyclic) bond motifs is 3. The van der Waals surface area contributed by atoms with Crippen LogP contribution in [0, 0.1) is 0 Å². The summed E-state index contributed by atoms with van der Waals surface area (Å²) in [5.41, 5.74) is 3.29. The zero-order valence-corrected chi connectivity index (χ0v) is 17.9. The first-order chi connectivity index (χ1) is 14.6. The molecule has 7 heteroatoms. The molecule has 5 nitrogen and oxygen atoms in total. The molecular formula is C23H19ClN4OS. The summed E-state index contributed by atoms with van der Waals surface area (Å²) in [5.74, 6) is 1.47. The maximum absolute atomic E-state index is 11.8. The van der Waals surface area contributed by atoms with Crippen LogP contribution in [0.5, 0.6) is 0 Å². The van der Waals surface area contributed by atoms with Crippen molar-refractivity contribution < 1.29 is 4.79 Å². The van der Waals surface area contributed by atoms with Gasteiger partial charge in [-0.05, 0) is 37.5 Å². The van der Waals surface area contributed by atoms with E-state index in [1.54, 1.807) is 18.7 Å². The van der Waals surface area contributed by atoms with Crippen LogP contribution in [0.1, 0.15) is 35.7 Å². The molecular weight excluding hydrogens is 416 g/mol. The van der Waals surface area contributed by atoms with Crippen LogP contribution in [0.4, 0.5) is 5.82 Å². The van der Waals surface area contributed by atoms with Crippen LogP contribution in [-0.4, -0.2) is 26.8 Å². The summed E-state index contributed by atoms with van der Waals surface area (Å²) in [7, 11) is 0. The monoisotopic (exact) mass is 434 g/mol. The average molecular weight is 435 g/mol. The van der Waals surface area contributed by atoms with Gasteiger partial charge < -0.3 is 5.32 Å². The van der Waals surface area contributed by atoms with Crippen LogP contribution in [0.15, 0.2) is 53.8 Å². The van der Waals surface area contributed by atoms with E-state index in [0.717, 1.165) is 51.1 Å². The summed E-state index contributed by atoms with van der Waals surface area (Å²) < 4.78 is 0. The molecule has 4 aromatic rings. The molecule has 1 fully saturated rings. The van der Waals surface area contributed by atoms with Crippen LogP contribution in [-0.2, 0) is 5.75 Å². The van der Waals surface area contributed by atoms with E-state index in [4.69, 9.17) is 21.6 Å². The molecule has 1 aliphatic rings. The first kappa shape index (κ1) is 19.3. The number of carbonyl (C=O) groups excluding carboxylic acids is 1. The van der Waals surface area contributed by atoms with Gasteiger partial charge in [-0.1, -0.05) is 53.7 Å². The number of nitrogens with zero attached hydrogens (tertiary/aromatic N) is 3. The van der Waals surface area contributed by atoms with Gasteiger partial charge in [-0.25, -0.2) is 15.0 Å². The number of halogens is 1. The molecule has 2 aromatic carbocycles. The van der Waals surface area contributed by atoms with E-state index in [0.29, 0.717) is 22.5 Å². The van der Waals surface area contributed by atoms with Gasteiger partial charge in [-0.15, -0.1) is 0 Å². The van der Waals surface area contributed by atoms with Crippen molar-refractivity contribution in [2.24, 2.45) is 0 Å². The van der Waals surface area contributed by atoms with Gasteiger partial charge in [0.2, 0.25) is 0 Å². The predicted molar refractivity (Wildman–Crippen MR) is 123 cm³/mol. The fourth-order valence-corrected chi connectivity index (χ4v) is 4.44. The molecule has 0 unspecified atom stereocenters. The summed E-state index contributed by atoms with van der Waals surface area (Å²) in [6.07, 6.45) is 4.12. The second-order valence-electron chi connectivity index (χ2n) is 7.46. The first-order valence-electron chi connectivity index (χ1n) is 9.82. The summed E-state index contributed by atoms with van der Waals surface area (Å²) in [6, 6.07) is 13.8. The fraction of sp³-hybridized carbons (Fsp3) is 0.217. The van der Waals surface area contributed by atoms with Gasteiger partial charge in [-0.2, -0.15) is 0 Å². The molecule has 0 atom stereocenters. The molecule has 1 aliphatic carbocycles. The van der Waals surface area contributed by atoms with E-state index < -0.39 is 0 Å². The highest BCUT2D eigenvalue weighted by Crippen LogP contribution is 2.33. The first-order valence-corrected chi connectivity index (χ1v) is 11.2. The van der Waals surface area contributed by atoms with Gasteiger partial charge in [0.05, 0.1) is 5.52 Å². The number of ketones is 1. The van der Waals surface area contributed by atoms with Crippen molar-refractivity contribution in [2.45, 2.75) is 36.7 Å². The second-order valence-corrected chi connectivity index (χ2v) is 8.81. The van der Waals surface area contributed by atoms with Crippen molar-refractivity contribution >= 4 is 56.8 Å². The van der Waals surface area contributed by atoms with Crippen LogP contribution in [0.3, 0.4) is 0 Å². The van der Waals surface area contributed by atoms with E-state index in [9.17, 15) is 4.79 Å². The number of rotatable bonds is 6. The van der Waals surface area contributed by atoms with Crippen molar-refractivity contribution in [2.75, 3.05) is 5.32 Å². The third kappa shape index (κ3) is 3.85. The van der Waals surface area contributed by atoms with E-state index in [1.807, 2.05) is 48.7 Å². The summed E-state index contributed by atoms with van der Waals surface area (Å²) >= 11 is 7.83. The number of thioether (sulfide) groups is 1. The normalized spacial score (nSPS) is 13.7. The molecule has 5 rings (SSSR count). The Bertz CT molecular complexity index is 1290. The highest BCUT2D eigenvalue weighted by Gasteiger charge is 2.23. The standard InChI is InChI=1S/C23H19ClN4OS/c1-13(29)14-6-9-17-18-11-25-23(30-12-15-4-2-3-5-19(15)24)28-21(18)22(26-16-7-8-16)27-20(17)10-14/h2-6,9-11,16H,7-8,12H2,1H3,(H,26,27). The van der Waals surface area contributed by atoms with Crippen molar-refractivity contribution in [1.82, 2.24) is 15.0 Å². The number of hydrogen-bond acceptors (Lipinski definition) is 6. The molecule has 30 heavy (non-hydrogen) atoms. The third-order valence-electron chi connectivity index (χ3n) is 5.15. The van der Waals surface area contributed by atoms with Crippen LogP contribution >= 0.6 is 23.4 Å². The maximum Gasteiger partial charge on any atom is 0.188 e. The topological polar surface area (TPSA) is 67.8 Å². The number of benzene rings is 2. The molecule has 0 bridgehead atoms. The molecule has 0 spiro atoms. The summed E-state index contributed by atoms with van der Waals surface area (Å²) in [6.45, 7) is 1.57. The minimum absolute atomic E-state index is 0.0260. The molecule has 0 radical (unpaired) electrons. The number of Topliss-reactive ketones (excluding diaryl/α,β-unsaturated/α-hetero) is 1. The summed E-state index contributed by atoms with van der Waals surface area (Å²) in [4.78, 5) is 26.0. The van der Waals surface area contributed by atoms with Crippen LogP contribution in [0.25, 0.3) is 21.8 Å². The van der Waals surface area contributed by atoms with E-state index >= 15 is 0 Å². The number of carbonyl (C=O) groups is 1. The molecule has 150 valence electrons. The lowest BCUT2D eigenvalue weighted by molar-refractivity contribution is 0.101. The minimum Gasteiger partial charge on any atom is -0.366 e. The molecule has 0 amide bonds. The molecule has 2 heterocycles. The minimum atomic E-state index is 0.0260. The smallest absolute Gasteiger partial charge is 0.188 e. The Morgan fingerprint density at radius 2 is 2.00 bits per heavy atom. The van der Waals surface area contributed by atoms with Gasteiger partial charge in [0.1, 0.15) is 5.52 Å². The number of aromatic nitrogens is 3. The number of anilines is 1. The zero-order chi connectivity index (χ0) is 20.7. The molecule has 2 aromatic heterocycles. The zero-order valence-electron chi connectivity index (χ0n) is 16.4.